The summed E-state index contributed by atoms with van der Waals surface area (Å²) < 4.78 is 10.1. The number of benzene rings is 1. The highest BCUT2D eigenvalue weighted by molar-refractivity contribution is 5.83. The summed E-state index contributed by atoms with van der Waals surface area (Å²) in [6.45, 7) is 0. The maximum Gasteiger partial charge on any atom is 0.303 e. The van der Waals surface area contributed by atoms with Gasteiger partial charge in [-0.1, -0.05) is 5.16 Å². The average Bonchev–Trinajstić information content (AvgIpc) is 3.00. The van der Waals surface area contributed by atoms with Crippen LogP contribution in [-0.2, 0) is 11.2 Å². The molecule has 2 N–H and O–H groups in total. The van der Waals surface area contributed by atoms with Gasteiger partial charge in [-0.05, 0) is 23.6 Å². The number of fused-ring (bicyclic) bond motifs is 1. The molecule has 0 amide bonds. The van der Waals surface area contributed by atoms with E-state index in [1.807, 2.05) is 0 Å². The Bertz CT molecular complexity index is 928. The molecule has 3 aromatic rings. The monoisotopic (exact) mass is 315 g/mol. The number of aromatic nitrogens is 3. The number of H-pyrrole nitrogens is 1. The molecule has 0 saturated carbocycles. The minimum Gasteiger partial charge on any atom is -0.497 e. The predicted molar refractivity (Wildman–Crippen MR) is 80.4 cm³/mol. The van der Waals surface area contributed by atoms with Crippen LogP contribution in [0.1, 0.15) is 12.3 Å². The first-order valence-corrected chi connectivity index (χ1v) is 6.82. The molecule has 118 valence electrons. The van der Waals surface area contributed by atoms with Crippen molar-refractivity contribution in [1.82, 2.24) is 15.1 Å². The Hall–Kier alpha value is -3.16. The highest BCUT2D eigenvalue weighted by Crippen LogP contribution is 2.21. The summed E-state index contributed by atoms with van der Waals surface area (Å²) in [6, 6.07) is 6.95. The molecule has 0 radical (unpaired) electrons. The molecule has 0 fully saturated rings. The Morgan fingerprint density at radius 3 is 2.96 bits per heavy atom. The fraction of sp³-hybridized carbons (Fsp3) is 0.200. The molecule has 23 heavy (non-hydrogen) atoms. The molecule has 0 aliphatic rings. The lowest BCUT2D eigenvalue weighted by molar-refractivity contribution is -0.137. The van der Waals surface area contributed by atoms with Gasteiger partial charge in [0, 0.05) is 12.5 Å². The van der Waals surface area contributed by atoms with Crippen LogP contribution in [0.4, 0.5) is 0 Å². The minimum absolute atomic E-state index is 0.116. The third-order valence-corrected chi connectivity index (χ3v) is 3.31. The van der Waals surface area contributed by atoms with Crippen molar-refractivity contribution in [2.45, 2.75) is 12.8 Å². The van der Waals surface area contributed by atoms with Gasteiger partial charge in [-0.2, -0.15) is 4.98 Å². The fourth-order valence-corrected chi connectivity index (χ4v) is 2.15. The molecule has 8 nitrogen and oxygen atoms in total. The number of nitrogens with one attached hydrogen (secondary N) is 1. The molecule has 1 aromatic carbocycles. The Morgan fingerprint density at radius 1 is 1.39 bits per heavy atom. The second-order valence-corrected chi connectivity index (χ2v) is 4.87. The minimum atomic E-state index is -0.956. The number of carboxylic acids is 1. The van der Waals surface area contributed by atoms with E-state index in [2.05, 4.69) is 15.1 Å². The third kappa shape index (κ3) is 3.05. The molecule has 8 heteroatoms. The molecule has 0 unspecified atom stereocenters. The molecular formula is C15H13N3O5. The van der Waals surface area contributed by atoms with E-state index in [-0.39, 0.29) is 35.7 Å². The number of aromatic amines is 1. The second-order valence-electron chi connectivity index (χ2n) is 4.87. The van der Waals surface area contributed by atoms with Crippen molar-refractivity contribution in [3.8, 4) is 17.1 Å². The number of aliphatic carboxylic acids is 1. The quantitative estimate of drug-likeness (QED) is 0.734. The van der Waals surface area contributed by atoms with Crippen LogP contribution in [0.25, 0.3) is 22.3 Å². The fourth-order valence-electron chi connectivity index (χ4n) is 2.15. The first-order chi connectivity index (χ1) is 11.1. The highest BCUT2D eigenvalue weighted by Gasteiger charge is 2.14. The highest BCUT2D eigenvalue weighted by atomic mass is 16.5. The summed E-state index contributed by atoms with van der Waals surface area (Å²) in [4.78, 5) is 29.6. The van der Waals surface area contributed by atoms with E-state index in [0.29, 0.717) is 11.3 Å². The standard InChI is InChI=1S/C15H13N3O5/c1-22-9-3-2-8-6-10(15(21)16-11(8)7-9)14-17-12(23-18-14)4-5-13(19)20/h2-3,6-7H,4-5H2,1H3,(H,16,21)(H,19,20). The van der Waals surface area contributed by atoms with Gasteiger partial charge in [-0.15, -0.1) is 0 Å². The lowest BCUT2D eigenvalue weighted by Crippen LogP contribution is -2.09. The lowest BCUT2D eigenvalue weighted by Gasteiger charge is -2.03. The zero-order valence-corrected chi connectivity index (χ0v) is 12.2. The van der Waals surface area contributed by atoms with E-state index in [1.165, 1.54) is 0 Å². The van der Waals surface area contributed by atoms with E-state index >= 15 is 0 Å². The molecule has 0 saturated heterocycles. The first-order valence-electron chi connectivity index (χ1n) is 6.82. The molecule has 0 bridgehead atoms. The van der Waals surface area contributed by atoms with Crippen molar-refractivity contribution in [3.05, 3.63) is 40.5 Å². The van der Waals surface area contributed by atoms with Gasteiger partial charge in [0.25, 0.3) is 5.56 Å². The SMILES string of the molecule is COc1ccc2cc(-c3noc(CCC(=O)O)n3)c(=O)[nH]c2c1. The van der Waals surface area contributed by atoms with Crippen molar-refractivity contribution in [3.63, 3.8) is 0 Å². The predicted octanol–water partition coefficient (Wildman–Crippen LogP) is 1.60. The number of hydrogen-bond acceptors (Lipinski definition) is 6. The molecule has 3 rings (SSSR count). The summed E-state index contributed by atoms with van der Waals surface area (Å²) in [7, 11) is 1.55. The van der Waals surface area contributed by atoms with Crippen LogP contribution in [0, 0.1) is 0 Å². The molecule has 0 spiro atoms. The third-order valence-electron chi connectivity index (χ3n) is 3.31. The van der Waals surface area contributed by atoms with E-state index in [4.69, 9.17) is 14.4 Å². The molecule has 0 atom stereocenters. The van der Waals surface area contributed by atoms with Crippen LogP contribution in [0.5, 0.6) is 5.75 Å². The normalized spacial score (nSPS) is 10.8. The van der Waals surface area contributed by atoms with Crippen molar-refractivity contribution >= 4 is 16.9 Å². The van der Waals surface area contributed by atoms with Gasteiger partial charge in [0.15, 0.2) is 0 Å². The molecule has 2 heterocycles. The number of carbonyl (C=O) groups is 1. The summed E-state index contributed by atoms with van der Waals surface area (Å²) >= 11 is 0. The van der Waals surface area contributed by atoms with E-state index in [9.17, 15) is 9.59 Å². The molecule has 2 aromatic heterocycles. The van der Waals surface area contributed by atoms with Crippen LogP contribution >= 0.6 is 0 Å². The van der Waals surface area contributed by atoms with Crippen molar-refractivity contribution in [1.29, 1.82) is 0 Å². The van der Waals surface area contributed by atoms with Gasteiger partial charge >= 0.3 is 5.97 Å². The number of aryl methyl sites for hydroxylation is 1. The topological polar surface area (TPSA) is 118 Å². The molecule has 0 aliphatic heterocycles. The Labute approximate surface area is 129 Å². The van der Waals surface area contributed by atoms with Crippen molar-refractivity contribution in [2.75, 3.05) is 7.11 Å². The van der Waals surface area contributed by atoms with Crippen molar-refractivity contribution < 1.29 is 19.2 Å². The van der Waals surface area contributed by atoms with Crippen LogP contribution in [0.2, 0.25) is 0 Å². The number of hydrogen-bond donors (Lipinski definition) is 2. The van der Waals surface area contributed by atoms with E-state index < -0.39 is 5.97 Å². The van der Waals surface area contributed by atoms with Crippen LogP contribution in [-0.4, -0.2) is 33.3 Å². The summed E-state index contributed by atoms with van der Waals surface area (Å²) in [6.07, 6.45) is 0.000519. The number of pyridine rings is 1. The van der Waals surface area contributed by atoms with Crippen LogP contribution in [0.3, 0.4) is 0 Å². The zero-order valence-electron chi connectivity index (χ0n) is 12.2. The Morgan fingerprint density at radius 2 is 2.22 bits per heavy atom. The van der Waals surface area contributed by atoms with Gasteiger partial charge in [0.05, 0.1) is 24.6 Å². The van der Waals surface area contributed by atoms with E-state index in [0.717, 1.165) is 5.39 Å². The van der Waals surface area contributed by atoms with Crippen LogP contribution < -0.4 is 10.3 Å². The number of methoxy groups -OCH3 is 1. The number of ether oxygens (including phenoxy) is 1. The zero-order chi connectivity index (χ0) is 16.4. The smallest absolute Gasteiger partial charge is 0.303 e. The first kappa shape index (κ1) is 14.8. The molecular weight excluding hydrogens is 302 g/mol. The van der Waals surface area contributed by atoms with E-state index in [1.54, 1.807) is 31.4 Å². The number of nitrogens with zero attached hydrogens (tertiary/aromatic N) is 2. The number of rotatable bonds is 5. The van der Waals surface area contributed by atoms with Crippen molar-refractivity contribution in [2.24, 2.45) is 0 Å². The summed E-state index contributed by atoms with van der Waals surface area (Å²) in [5.41, 5.74) is 0.525. The van der Waals surface area contributed by atoms with Gasteiger partial charge in [0.1, 0.15) is 5.75 Å². The Kier molecular flexibility index (Phi) is 3.80. The van der Waals surface area contributed by atoms with Gasteiger partial charge in [-0.3, -0.25) is 9.59 Å². The summed E-state index contributed by atoms with van der Waals surface area (Å²) in [5.74, 6) is -0.0142. The average molecular weight is 315 g/mol. The maximum absolute atomic E-state index is 12.2. The van der Waals surface area contributed by atoms with Gasteiger partial charge in [-0.25, -0.2) is 0 Å². The van der Waals surface area contributed by atoms with Gasteiger partial charge in [0.2, 0.25) is 11.7 Å². The summed E-state index contributed by atoms with van der Waals surface area (Å²) in [5, 5.41) is 13.2. The Balaban J connectivity index is 1.98. The number of carboxylic acid groups (broad SMARTS) is 1. The lowest BCUT2D eigenvalue weighted by atomic mass is 10.1. The largest absolute Gasteiger partial charge is 0.497 e. The molecule has 0 aliphatic carbocycles. The second kappa shape index (κ2) is 5.91. The van der Waals surface area contributed by atoms with Gasteiger partial charge < -0.3 is 19.4 Å². The van der Waals surface area contributed by atoms with Crippen LogP contribution in [0.15, 0.2) is 33.6 Å². The maximum atomic E-state index is 12.2.